The highest BCUT2D eigenvalue weighted by Crippen LogP contribution is 2.44. The molecule has 0 unspecified atom stereocenters. The molecule has 0 fully saturated rings. The molecule has 0 spiro atoms. The van der Waals surface area contributed by atoms with Crippen molar-refractivity contribution < 1.29 is 0 Å². The van der Waals surface area contributed by atoms with Crippen molar-refractivity contribution in [1.82, 2.24) is 4.57 Å². The van der Waals surface area contributed by atoms with Crippen molar-refractivity contribution in [3.63, 3.8) is 0 Å². The van der Waals surface area contributed by atoms with Gasteiger partial charge in [-0.25, -0.2) is 0 Å². The molecule has 2 nitrogen and oxygen atoms in total. The lowest BCUT2D eigenvalue weighted by Crippen LogP contribution is -2.11. The van der Waals surface area contributed by atoms with Gasteiger partial charge in [0.15, 0.2) is 0 Å². The Morgan fingerprint density at radius 3 is 1.51 bits per heavy atom. The van der Waals surface area contributed by atoms with Gasteiger partial charge in [-0.15, -0.1) is 0 Å². The third-order valence-electron chi connectivity index (χ3n) is 13.7. The maximum Gasteiger partial charge on any atom is 0.0619 e. The Bertz CT molecular complexity index is 4030. The van der Waals surface area contributed by atoms with Crippen LogP contribution >= 0.6 is 0 Å². The van der Waals surface area contributed by atoms with Crippen LogP contribution in [0.15, 0.2) is 267 Å². The molecule has 1 heterocycles. The van der Waals surface area contributed by atoms with Gasteiger partial charge in [0, 0.05) is 38.8 Å². The molecule has 0 atom stereocenters. The minimum absolute atomic E-state index is 1.08. The van der Waals surface area contributed by atoms with E-state index in [9.17, 15) is 0 Å². The van der Waals surface area contributed by atoms with E-state index in [2.05, 4.69) is 276 Å². The SMILES string of the molecule is c1cc(-c2ccc(N(c3cccc(-c4cccc5ccccc45)c3)c3ccccc3-c3cccc(-n4c5ccccc5c5ccc6ccccc6c54)c3)cc2)cc(-c2cccc3ccccc23)c1. The summed E-state index contributed by atoms with van der Waals surface area (Å²) in [6.07, 6.45) is 0. The number of rotatable bonds is 8. The number of benzene rings is 12. The molecular weight excluding hydrogens is 821 g/mol. The highest BCUT2D eigenvalue weighted by Gasteiger charge is 2.20. The first-order valence-electron chi connectivity index (χ1n) is 23.4. The standard InChI is InChI=1S/C66H44N2/c1-4-27-56-46(16-1)19-14-32-58(56)50-22-11-21-49(42-50)45-36-39-53(40-37-45)67(54-25-12-23-51(43-54)59-33-15-20-47-17-2-5-28-57(47)59)64-34-9-7-29-60(64)52-24-13-26-55(44-52)68-65-35-10-8-31-62(65)63-41-38-48-18-3-6-30-61(48)66(63)68/h1-44H. The lowest BCUT2D eigenvalue weighted by Gasteiger charge is -2.28. The lowest BCUT2D eigenvalue weighted by molar-refractivity contribution is 1.19. The van der Waals surface area contributed by atoms with E-state index in [-0.39, 0.29) is 0 Å². The minimum Gasteiger partial charge on any atom is -0.310 e. The van der Waals surface area contributed by atoms with Crippen molar-refractivity contribution in [1.29, 1.82) is 0 Å². The van der Waals surface area contributed by atoms with Gasteiger partial charge < -0.3 is 9.47 Å². The zero-order valence-electron chi connectivity index (χ0n) is 37.3. The van der Waals surface area contributed by atoms with E-state index in [4.69, 9.17) is 0 Å². The molecule has 2 heteroatoms. The molecule has 0 aliphatic heterocycles. The van der Waals surface area contributed by atoms with Crippen LogP contribution in [0.4, 0.5) is 17.1 Å². The van der Waals surface area contributed by atoms with Crippen LogP contribution in [0.5, 0.6) is 0 Å². The van der Waals surface area contributed by atoms with E-state index in [1.165, 1.54) is 87.5 Å². The second kappa shape index (κ2) is 16.5. The second-order valence-corrected chi connectivity index (χ2v) is 17.7. The average molecular weight is 865 g/mol. The topological polar surface area (TPSA) is 8.17 Å². The van der Waals surface area contributed by atoms with Crippen LogP contribution in [0.1, 0.15) is 0 Å². The molecule has 13 rings (SSSR count). The Morgan fingerprint density at radius 2 is 0.779 bits per heavy atom. The lowest BCUT2D eigenvalue weighted by atomic mass is 9.95. The first-order chi connectivity index (χ1) is 33.7. The number of hydrogen-bond acceptors (Lipinski definition) is 1. The van der Waals surface area contributed by atoms with Crippen LogP contribution in [0.3, 0.4) is 0 Å². The maximum absolute atomic E-state index is 2.46. The molecule has 0 bridgehead atoms. The second-order valence-electron chi connectivity index (χ2n) is 17.7. The summed E-state index contributed by atoms with van der Waals surface area (Å²) in [6, 6.07) is 97.6. The Kier molecular flexibility index (Phi) is 9.54. The third kappa shape index (κ3) is 6.73. The predicted molar refractivity (Wildman–Crippen MR) is 290 cm³/mol. The molecule has 0 amide bonds. The normalized spacial score (nSPS) is 11.5. The summed E-state index contributed by atoms with van der Waals surface area (Å²) >= 11 is 0. The smallest absolute Gasteiger partial charge is 0.0619 e. The van der Waals surface area contributed by atoms with Gasteiger partial charge in [0.2, 0.25) is 0 Å². The van der Waals surface area contributed by atoms with Gasteiger partial charge in [0.05, 0.1) is 16.7 Å². The largest absolute Gasteiger partial charge is 0.310 e. The fourth-order valence-electron chi connectivity index (χ4n) is 10.6. The van der Waals surface area contributed by atoms with Gasteiger partial charge in [0.25, 0.3) is 0 Å². The van der Waals surface area contributed by atoms with Crippen molar-refractivity contribution >= 4 is 71.2 Å². The number of aromatic nitrogens is 1. The summed E-state index contributed by atoms with van der Waals surface area (Å²) in [4.78, 5) is 2.43. The number of hydrogen-bond donors (Lipinski definition) is 0. The Balaban J connectivity index is 0.964. The van der Waals surface area contributed by atoms with E-state index < -0.39 is 0 Å². The Labute approximate surface area is 395 Å². The van der Waals surface area contributed by atoms with Crippen molar-refractivity contribution in [2.45, 2.75) is 0 Å². The predicted octanol–water partition coefficient (Wildman–Crippen LogP) is 18.4. The maximum atomic E-state index is 2.46. The molecule has 12 aromatic carbocycles. The molecule has 1 aromatic heterocycles. The average Bonchev–Trinajstić information content (AvgIpc) is 3.76. The Hall–Kier alpha value is -8.98. The van der Waals surface area contributed by atoms with Crippen LogP contribution in [0.2, 0.25) is 0 Å². The van der Waals surface area contributed by atoms with Crippen LogP contribution < -0.4 is 4.90 Å². The molecule has 0 aliphatic rings. The molecule has 0 radical (unpaired) electrons. The van der Waals surface area contributed by atoms with Crippen molar-refractivity contribution in [3.05, 3.63) is 267 Å². The zero-order valence-corrected chi connectivity index (χ0v) is 37.3. The summed E-state index contributed by atoms with van der Waals surface area (Å²) in [6.45, 7) is 0. The van der Waals surface area contributed by atoms with Crippen molar-refractivity contribution in [3.8, 4) is 50.2 Å². The van der Waals surface area contributed by atoms with Crippen LogP contribution in [0.25, 0.3) is 104 Å². The fourth-order valence-corrected chi connectivity index (χ4v) is 10.6. The quantitative estimate of drug-likeness (QED) is 0.148. The minimum atomic E-state index is 1.08. The number of nitrogens with zero attached hydrogens (tertiary/aromatic N) is 2. The van der Waals surface area contributed by atoms with Gasteiger partial charge in [-0.3, -0.25) is 0 Å². The van der Waals surface area contributed by atoms with E-state index >= 15 is 0 Å². The first kappa shape index (κ1) is 39.4. The van der Waals surface area contributed by atoms with E-state index in [0.29, 0.717) is 0 Å². The summed E-state index contributed by atoms with van der Waals surface area (Å²) in [5.74, 6) is 0. The summed E-state index contributed by atoms with van der Waals surface area (Å²) in [5.41, 5.74) is 16.3. The van der Waals surface area contributed by atoms with E-state index in [1.807, 2.05) is 0 Å². The molecule has 0 aliphatic carbocycles. The monoisotopic (exact) mass is 864 g/mol. The van der Waals surface area contributed by atoms with Crippen LogP contribution in [-0.2, 0) is 0 Å². The summed E-state index contributed by atoms with van der Waals surface area (Å²) < 4.78 is 2.46. The molecule has 0 saturated heterocycles. The van der Waals surface area contributed by atoms with Gasteiger partial charge >= 0.3 is 0 Å². The Morgan fingerprint density at radius 1 is 0.265 bits per heavy atom. The van der Waals surface area contributed by atoms with Crippen LogP contribution in [-0.4, -0.2) is 4.57 Å². The summed E-state index contributed by atoms with van der Waals surface area (Å²) in [7, 11) is 0. The highest BCUT2D eigenvalue weighted by molar-refractivity contribution is 6.18. The number of fused-ring (bicyclic) bond motifs is 7. The van der Waals surface area contributed by atoms with Crippen molar-refractivity contribution in [2.24, 2.45) is 0 Å². The van der Waals surface area contributed by atoms with Gasteiger partial charge in [-0.2, -0.15) is 0 Å². The fraction of sp³-hybridized carbons (Fsp3) is 0. The number of anilines is 3. The van der Waals surface area contributed by atoms with E-state index in [0.717, 1.165) is 33.9 Å². The molecule has 68 heavy (non-hydrogen) atoms. The van der Waals surface area contributed by atoms with Gasteiger partial charge in [-0.05, 0) is 120 Å². The molecule has 318 valence electrons. The summed E-state index contributed by atoms with van der Waals surface area (Å²) in [5, 5.41) is 9.96. The highest BCUT2D eigenvalue weighted by atomic mass is 15.1. The van der Waals surface area contributed by atoms with Gasteiger partial charge in [-0.1, -0.05) is 212 Å². The zero-order chi connectivity index (χ0) is 45.0. The van der Waals surface area contributed by atoms with Gasteiger partial charge in [0.1, 0.15) is 0 Å². The third-order valence-corrected chi connectivity index (χ3v) is 13.7. The van der Waals surface area contributed by atoms with E-state index in [1.54, 1.807) is 0 Å². The van der Waals surface area contributed by atoms with Crippen molar-refractivity contribution in [2.75, 3.05) is 4.90 Å². The molecule has 13 aromatic rings. The van der Waals surface area contributed by atoms with Crippen LogP contribution in [0, 0.1) is 0 Å². The first-order valence-corrected chi connectivity index (χ1v) is 23.4. The number of para-hydroxylation sites is 2. The molecule has 0 saturated carbocycles. The molecular formula is C66H44N2. The molecule has 0 N–H and O–H groups in total.